The molecule has 2 N–H and O–H groups in total. The van der Waals surface area contributed by atoms with Crippen molar-refractivity contribution in [1.29, 1.82) is 0 Å². The molecule has 2 amide bonds. The number of carbonyl (C=O) groups is 3. The molecule has 0 aliphatic carbocycles. The lowest BCUT2D eigenvalue weighted by atomic mass is 9.66. The first-order chi connectivity index (χ1) is 13.0. The number of nitrogens with zero attached hydrogens (tertiary/aromatic N) is 2. The van der Waals surface area contributed by atoms with Gasteiger partial charge < -0.3 is 20.0 Å². The van der Waals surface area contributed by atoms with E-state index in [0.29, 0.717) is 13.0 Å². The topological polar surface area (TPSA) is 98.2 Å². The lowest BCUT2D eigenvalue weighted by molar-refractivity contribution is -0.149. The standard InChI is InChI=1S/C20H30N2O5S/c1-6-7-22(19(3,4)5)17(25)15-20-11(2)10-12(28-20)13(18(26)27)14(20)16(24)21(15)8-9-23/h6,11-15,23H,1,7-10H2,2-5H3,(H,26,27)/t11?,12-,13+,14+,15?,20?/m1/s1. The van der Waals surface area contributed by atoms with Gasteiger partial charge in [0.1, 0.15) is 6.04 Å². The summed E-state index contributed by atoms with van der Waals surface area (Å²) >= 11 is 1.51. The molecule has 0 radical (unpaired) electrons. The molecule has 8 heteroatoms. The predicted octanol–water partition coefficient (Wildman–Crippen LogP) is 1.21. The Morgan fingerprint density at radius 1 is 1.43 bits per heavy atom. The summed E-state index contributed by atoms with van der Waals surface area (Å²) in [4.78, 5) is 42.2. The molecule has 1 spiro atoms. The molecule has 0 saturated carbocycles. The maximum absolute atomic E-state index is 13.8. The number of fused-ring (bicyclic) bond motifs is 1. The minimum Gasteiger partial charge on any atom is -0.481 e. The van der Waals surface area contributed by atoms with Crippen LogP contribution in [0.4, 0.5) is 0 Å². The third-order valence-corrected chi connectivity index (χ3v) is 8.57. The zero-order valence-electron chi connectivity index (χ0n) is 16.9. The first-order valence-corrected chi connectivity index (χ1v) is 10.6. The molecular formula is C20H30N2O5S. The lowest BCUT2D eigenvalue weighted by Gasteiger charge is -2.43. The maximum atomic E-state index is 13.8. The Morgan fingerprint density at radius 2 is 2.07 bits per heavy atom. The molecular weight excluding hydrogens is 380 g/mol. The number of carbonyl (C=O) groups excluding carboxylic acids is 2. The van der Waals surface area contributed by atoms with Crippen LogP contribution in [0.2, 0.25) is 0 Å². The van der Waals surface area contributed by atoms with E-state index in [2.05, 4.69) is 6.58 Å². The number of aliphatic carboxylic acids is 1. The number of likely N-dealkylation sites (tertiary alicyclic amines) is 1. The smallest absolute Gasteiger partial charge is 0.308 e. The summed E-state index contributed by atoms with van der Waals surface area (Å²) < 4.78 is -0.762. The summed E-state index contributed by atoms with van der Waals surface area (Å²) in [7, 11) is 0. The van der Waals surface area contributed by atoms with Crippen LogP contribution in [0, 0.1) is 17.8 Å². The fourth-order valence-electron chi connectivity index (χ4n) is 5.40. The number of hydrogen-bond acceptors (Lipinski definition) is 5. The van der Waals surface area contributed by atoms with E-state index in [1.807, 2.05) is 27.7 Å². The molecule has 0 aromatic rings. The Hall–Kier alpha value is -1.54. The van der Waals surface area contributed by atoms with Crippen molar-refractivity contribution in [2.24, 2.45) is 17.8 Å². The molecule has 2 bridgehead atoms. The number of hydrogen-bond donors (Lipinski definition) is 2. The van der Waals surface area contributed by atoms with Gasteiger partial charge in [0.2, 0.25) is 11.8 Å². The molecule has 156 valence electrons. The maximum Gasteiger partial charge on any atom is 0.308 e. The first kappa shape index (κ1) is 21.2. The van der Waals surface area contributed by atoms with Gasteiger partial charge in [-0.1, -0.05) is 13.0 Å². The summed E-state index contributed by atoms with van der Waals surface area (Å²) in [6.45, 7) is 11.7. The van der Waals surface area contributed by atoms with Crippen molar-refractivity contribution >= 4 is 29.5 Å². The zero-order chi connectivity index (χ0) is 21.0. The number of aliphatic hydroxyl groups is 1. The highest BCUT2D eigenvalue weighted by Crippen LogP contribution is 2.68. The average molecular weight is 411 g/mol. The van der Waals surface area contributed by atoms with Crippen molar-refractivity contribution in [1.82, 2.24) is 9.80 Å². The molecule has 3 unspecified atom stereocenters. The molecule has 28 heavy (non-hydrogen) atoms. The van der Waals surface area contributed by atoms with E-state index in [1.54, 1.807) is 11.0 Å². The number of thioether (sulfide) groups is 1. The summed E-state index contributed by atoms with van der Waals surface area (Å²) in [5, 5.41) is 19.2. The Morgan fingerprint density at radius 3 is 2.57 bits per heavy atom. The third kappa shape index (κ3) is 2.79. The molecule has 0 aromatic carbocycles. The van der Waals surface area contributed by atoms with Crippen molar-refractivity contribution in [2.75, 3.05) is 19.7 Å². The zero-order valence-corrected chi connectivity index (χ0v) is 17.7. The molecule has 3 rings (SSSR count). The second-order valence-electron chi connectivity index (χ2n) is 9.05. The Balaban J connectivity index is 2.12. The fourth-order valence-corrected chi connectivity index (χ4v) is 7.81. The molecule has 0 aromatic heterocycles. The summed E-state index contributed by atoms with van der Waals surface area (Å²) in [6.07, 6.45) is 2.34. The van der Waals surface area contributed by atoms with Crippen molar-refractivity contribution in [3.8, 4) is 0 Å². The van der Waals surface area contributed by atoms with E-state index < -0.39 is 34.1 Å². The number of rotatable bonds is 6. The van der Waals surface area contributed by atoms with Crippen LogP contribution in [0.5, 0.6) is 0 Å². The molecule has 3 heterocycles. The van der Waals surface area contributed by atoms with Gasteiger partial charge in [0.25, 0.3) is 0 Å². The van der Waals surface area contributed by atoms with Gasteiger partial charge in [-0.2, -0.15) is 0 Å². The molecule has 3 aliphatic heterocycles. The minimum atomic E-state index is -0.972. The van der Waals surface area contributed by atoms with E-state index in [1.165, 1.54) is 16.7 Å². The second-order valence-corrected chi connectivity index (χ2v) is 10.6. The lowest BCUT2D eigenvalue weighted by Crippen LogP contribution is -2.60. The van der Waals surface area contributed by atoms with Gasteiger partial charge in [0.15, 0.2) is 0 Å². The second kappa shape index (κ2) is 7.06. The molecule has 3 aliphatic rings. The van der Waals surface area contributed by atoms with E-state index in [4.69, 9.17) is 0 Å². The number of carboxylic acids is 1. The van der Waals surface area contributed by atoms with Gasteiger partial charge in [-0.05, 0) is 33.1 Å². The van der Waals surface area contributed by atoms with Gasteiger partial charge >= 0.3 is 5.97 Å². The van der Waals surface area contributed by atoms with Crippen LogP contribution < -0.4 is 0 Å². The summed E-state index contributed by atoms with van der Waals surface area (Å²) in [6, 6.07) is -0.773. The van der Waals surface area contributed by atoms with Crippen LogP contribution >= 0.6 is 11.8 Å². The Bertz CT molecular complexity index is 705. The number of β-amino-alcohol motifs (C(OH)–C–C–N with tert-alkyl or cyclic N) is 1. The summed E-state index contributed by atoms with van der Waals surface area (Å²) in [5.41, 5.74) is -0.482. The highest BCUT2D eigenvalue weighted by Gasteiger charge is 2.76. The van der Waals surface area contributed by atoms with Crippen LogP contribution in [-0.2, 0) is 14.4 Å². The van der Waals surface area contributed by atoms with Gasteiger partial charge in [-0.3, -0.25) is 14.4 Å². The van der Waals surface area contributed by atoms with Gasteiger partial charge in [-0.15, -0.1) is 18.3 Å². The van der Waals surface area contributed by atoms with E-state index in [0.717, 1.165) is 0 Å². The van der Waals surface area contributed by atoms with Crippen LogP contribution in [-0.4, -0.2) is 79.1 Å². The van der Waals surface area contributed by atoms with Gasteiger partial charge in [-0.25, -0.2) is 0 Å². The van der Waals surface area contributed by atoms with Crippen molar-refractivity contribution in [3.05, 3.63) is 12.7 Å². The van der Waals surface area contributed by atoms with Gasteiger partial charge in [0, 0.05) is 23.9 Å². The van der Waals surface area contributed by atoms with Gasteiger partial charge in [0.05, 0.1) is 23.2 Å². The van der Waals surface area contributed by atoms with E-state index in [9.17, 15) is 24.6 Å². The fraction of sp³-hybridized carbons (Fsp3) is 0.750. The minimum absolute atomic E-state index is 0.0316. The Labute approximate surface area is 170 Å². The number of amides is 2. The monoisotopic (exact) mass is 410 g/mol. The van der Waals surface area contributed by atoms with Crippen molar-refractivity contribution in [2.45, 2.75) is 55.7 Å². The molecule has 3 saturated heterocycles. The molecule has 7 nitrogen and oxygen atoms in total. The van der Waals surface area contributed by atoms with Crippen LogP contribution in [0.1, 0.15) is 34.1 Å². The van der Waals surface area contributed by atoms with Crippen LogP contribution in [0.25, 0.3) is 0 Å². The third-order valence-electron chi connectivity index (χ3n) is 6.49. The Kier molecular flexibility index (Phi) is 5.34. The quantitative estimate of drug-likeness (QED) is 0.639. The predicted molar refractivity (Wildman–Crippen MR) is 107 cm³/mol. The number of carboxylic acid groups (broad SMARTS) is 1. The SMILES string of the molecule is C=CCN(C(=O)C1N(CCO)C(=O)[C@@H]2[C@@H](C(=O)O)[C@H]3CC(C)C12S3)C(C)(C)C. The van der Waals surface area contributed by atoms with E-state index >= 15 is 0 Å². The van der Waals surface area contributed by atoms with Crippen LogP contribution in [0.15, 0.2) is 12.7 Å². The van der Waals surface area contributed by atoms with E-state index in [-0.39, 0.29) is 36.1 Å². The number of aliphatic hydroxyl groups excluding tert-OH is 1. The highest BCUT2D eigenvalue weighted by atomic mass is 32.2. The van der Waals surface area contributed by atoms with Crippen LogP contribution in [0.3, 0.4) is 0 Å². The highest BCUT2D eigenvalue weighted by molar-refractivity contribution is 8.02. The van der Waals surface area contributed by atoms with Crippen molar-refractivity contribution < 1.29 is 24.6 Å². The average Bonchev–Trinajstić information content (AvgIpc) is 3.16. The summed E-state index contributed by atoms with van der Waals surface area (Å²) in [5.74, 6) is -2.95. The first-order valence-electron chi connectivity index (χ1n) is 9.76. The molecule has 6 atom stereocenters. The van der Waals surface area contributed by atoms with Crippen molar-refractivity contribution in [3.63, 3.8) is 0 Å². The largest absolute Gasteiger partial charge is 0.481 e. The molecule has 3 fully saturated rings. The normalized spacial score (nSPS) is 36.5.